The molecule has 2 atom stereocenters. The highest BCUT2D eigenvalue weighted by Crippen LogP contribution is 2.41. The van der Waals surface area contributed by atoms with Gasteiger partial charge in [0.2, 0.25) is 5.78 Å². The molecule has 1 aromatic heterocycles. The fraction of sp³-hybridized carbons (Fsp3) is 0.214. The predicted molar refractivity (Wildman–Crippen MR) is 68.5 cm³/mol. The van der Waals surface area contributed by atoms with Crippen molar-refractivity contribution >= 4 is 11.5 Å². The number of hydrogen-bond donors (Lipinski definition) is 0. The van der Waals surface area contributed by atoms with E-state index in [-0.39, 0.29) is 17.2 Å². The molecule has 1 aliphatic rings. The molecule has 0 radical (unpaired) electrons. The van der Waals surface area contributed by atoms with E-state index in [0.29, 0.717) is 11.3 Å². The predicted octanol–water partition coefficient (Wildman–Crippen LogP) is 2.82. The van der Waals surface area contributed by atoms with E-state index in [1.807, 2.05) is 0 Å². The smallest absolute Gasteiger partial charge is 0.269 e. The van der Waals surface area contributed by atoms with E-state index in [9.17, 15) is 14.9 Å². The summed E-state index contributed by atoms with van der Waals surface area (Å²) in [6.45, 7) is 1.75. The van der Waals surface area contributed by atoms with Crippen molar-refractivity contribution in [3.63, 3.8) is 0 Å². The molecule has 6 heteroatoms. The van der Waals surface area contributed by atoms with Crippen molar-refractivity contribution < 1.29 is 18.9 Å². The average Bonchev–Trinajstić information content (AvgIpc) is 3.13. The van der Waals surface area contributed by atoms with Crippen LogP contribution in [0.4, 0.5) is 5.69 Å². The van der Waals surface area contributed by atoms with E-state index < -0.39 is 17.1 Å². The molecule has 102 valence electrons. The van der Waals surface area contributed by atoms with E-state index in [0.717, 1.165) is 0 Å². The monoisotopic (exact) mass is 273 g/mol. The first kappa shape index (κ1) is 12.6. The molecule has 0 saturated carbocycles. The zero-order chi connectivity index (χ0) is 14.3. The molecule has 0 unspecified atom stereocenters. The first-order chi connectivity index (χ1) is 9.56. The van der Waals surface area contributed by atoms with Crippen LogP contribution in [-0.2, 0) is 4.74 Å². The molecule has 0 spiro atoms. The highest BCUT2D eigenvalue weighted by molar-refractivity contribution is 5.99. The van der Waals surface area contributed by atoms with Crippen LogP contribution in [-0.4, -0.2) is 16.8 Å². The van der Waals surface area contributed by atoms with Crippen LogP contribution in [0.3, 0.4) is 0 Å². The summed E-state index contributed by atoms with van der Waals surface area (Å²) in [5.74, 6) is 0.663. The third-order valence-corrected chi connectivity index (χ3v) is 3.14. The summed E-state index contributed by atoms with van der Waals surface area (Å²) in [7, 11) is 0. The molecule has 0 N–H and O–H groups in total. The number of benzene rings is 1. The minimum atomic E-state index is -0.623. The number of Topliss-reactive ketones (excluding diaryl/α,β-unsaturated/α-hetero) is 1. The Labute approximate surface area is 114 Å². The number of non-ortho nitro benzene ring substituents is 1. The number of ether oxygens (including phenoxy) is 1. The van der Waals surface area contributed by atoms with Crippen LogP contribution in [0, 0.1) is 17.0 Å². The minimum Gasteiger partial charge on any atom is -0.458 e. The van der Waals surface area contributed by atoms with Gasteiger partial charge in [0.1, 0.15) is 11.9 Å². The Bertz CT molecular complexity index is 690. The summed E-state index contributed by atoms with van der Waals surface area (Å²) in [5.41, 5.74) is 0.610. The highest BCUT2D eigenvalue weighted by Gasteiger charge is 2.47. The standard InChI is InChI=1S/C14H11NO5/c1-8-5-6-11(19-8)12(16)14-13(20-14)9-3-2-4-10(7-9)15(17)18/h2-7,13-14H,1H3/t13-,14-/m0/s1. The van der Waals surface area contributed by atoms with Gasteiger partial charge < -0.3 is 9.15 Å². The largest absolute Gasteiger partial charge is 0.458 e. The second kappa shape index (κ2) is 4.57. The number of nitro benzene ring substituents is 1. The number of furan rings is 1. The normalized spacial score (nSPS) is 20.6. The lowest BCUT2D eigenvalue weighted by atomic mass is 10.1. The molecule has 1 aliphatic heterocycles. The van der Waals surface area contributed by atoms with E-state index in [4.69, 9.17) is 9.15 Å². The fourth-order valence-electron chi connectivity index (χ4n) is 2.09. The third kappa shape index (κ3) is 2.21. The molecule has 0 aliphatic carbocycles. The van der Waals surface area contributed by atoms with Crippen molar-refractivity contribution in [2.24, 2.45) is 0 Å². The molecule has 0 bridgehead atoms. The number of nitrogens with zero attached hydrogens (tertiary/aromatic N) is 1. The number of hydrogen-bond acceptors (Lipinski definition) is 5. The first-order valence-corrected chi connectivity index (χ1v) is 6.07. The van der Waals surface area contributed by atoms with E-state index >= 15 is 0 Å². The van der Waals surface area contributed by atoms with Gasteiger partial charge in [0.05, 0.1) is 4.92 Å². The Morgan fingerprint density at radius 1 is 1.30 bits per heavy atom. The third-order valence-electron chi connectivity index (χ3n) is 3.14. The van der Waals surface area contributed by atoms with Crippen LogP contribution in [0.25, 0.3) is 0 Å². The van der Waals surface area contributed by atoms with Crippen molar-refractivity contribution in [1.29, 1.82) is 0 Å². The molecular weight excluding hydrogens is 262 g/mol. The fourth-order valence-corrected chi connectivity index (χ4v) is 2.09. The van der Waals surface area contributed by atoms with Gasteiger partial charge in [-0.2, -0.15) is 0 Å². The average molecular weight is 273 g/mol. The number of carbonyl (C=O) groups is 1. The lowest BCUT2D eigenvalue weighted by Gasteiger charge is -1.96. The highest BCUT2D eigenvalue weighted by atomic mass is 16.6. The van der Waals surface area contributed by atoms with Gasteiger partial charge in [-0.05, 0) is 24.6 Å². The Morgan fingerprint density at radius 2 is 2.10 bits per heavy atom. The van der Waals surface area contributed by atoms with Crippen molar-refractivity contribution in [2.45, 2.75) is 19.1 Å². The SMILES string of the molecule is Cc1ccc(C(=O)[C@@H]2O[C@H]2c2cccc([N+](=O)[O-])c2)o1. The van der Waals surface area contributed by atoms with E-state index in [2.05, 4.69) is 0 Å². The second-order valence-corrected chi connectivity index (χ2v) is 4.60. The lowest BCUT2D eigenvalue weighted by molar-refractivity contribution is -0.384. The summed E-state index contributed by atoms with van der Waals surface area (Å²) in [6, 6.07) is 9.41. The molecule has 1 saturated heterocycles. The molecule has 1 aromatic carbocycles. The van der Waals surface area contributed by atoms with Crippen LogP contribution in [0.15, 0.2) is 40.8 Å². The van der Waals surface area contributed by atoms with Crippen LogP contribution >= 0.6 is 0 Å². The van der Waals surface area contributed by atoms with Gasteiger partial charge >= 0.3 is 0 Å². The van der Waals surface area contributed by atoms with Crippen LogP contribution in [0.1, 0.15) is 28.0 Å². The molecule has 20 heavy (non-hydrogen) atoms. The topological polar surface area (TPSA) is 85.9 Å². The first-order valence-electron chi connectivity index (χ1n) is 6.07. The molecular formula is C14H11NO5. The van der Waals surface area contributed by atoms with Gasteiger partial charge in [-0.1, -0.05) is 12.1 Å². The Balaban J connectivity index is 1.77. The Morgan fingerprint density at radius 3 is 2.75 bits per heavy atom. The van der Waals surface area contributed by atoms with Gasteiger partial charge in [-0.15, -0.1) is 0 Å². The molecule has 1 fully saturated rings. The minimum absolute atomic E-state index is 0.0157. The summed E-state index contributed by atoms with van der Waals surface area (Å²) < 4.78 is 10.6. The van der Waals surface area contributed by atoms with E-state index in [1.165, 1.54) is 12.1 Å². The van der Waals surface area contributed by atoms with Crippen LogP contribution < -0.4 is 0 Å². The zero-order valence-electron chi connectivity index (χ0n) is 10.6. The van der Waals surface area contributed by atoms with Crippen LogP contribution in [0.5, 0.6) is 0 Å². The number of rotatable bonds is 4. The quantitative estimate of drug-likeness (QED) is 0.370. The van der Waals surface area contributed by atoms with Gasteiger partial charge in [-0.3, -0.25) is 14.9 Å². The molecule has 0 amide bonds. The molecule has 6 nitrogen and oxygen atoms in total. The maximum absolute atomic E-state index is 12.1. The number of carbonyl (C=O) groups excluding carboxylic acids is 1. The number of aryl methyl sites for hydroxylation is 1. The van der Waals surface area contributed by atoms with Crippen molar-refractivity contribution in [3.05, 3.63) is 63.6 Å². The number of nitro groups is 1. The van der Waals surface area contributed by atoms with Gasteiger partial charge in [0, 0.05) is 12.1 Å². The summed E-state index contributed by atoms with van der Waals surface area (Å²) >= 11 is 0. The summed E-state index contributed by atoms with van der Waals surface area (Å²) in [5, 5.41) is 10.7. The van der Waals surface area contributed by atoms with Gasteiger partial charge in [-0.25, -0.2) is 0 Å². The zero-order valence-corrected chi connectivity index (χ0v) is 10.6. The number of ketones is 1. The van der Waals surface area contributed by atoms with Crippen molar-refractivity contribution in [1.82, 2.24) is 0 Å². The Hall–Kier alpha value is -2.47. The molecule has 2 aromatic rings. The van der Waals surface area contributed by atoms with Gasteiger partial charge in [0.15, 0.2) is 11.9 Å². The molecule has 2 heterocycles. The maximum atomic E-state index is 12.1. The van der Waals surface area contributed by atoms with Crippen LogP contribution in [0.2, 0.25) is 0 Å². The Kier molecular flexibility index (Phi) is 2.87. The summed E-state index contributed by atoms with van der Waals surface area (Å²) in [6.07, 6.45) is -1.06. The van der Waals surface area contributed by atoms with Crippen molar-refractivity contribution in [2.75, 3.05) is 0 Å². The van der Waals surface area contributed by atoms with E-state index in [1.54, 1.807) is 31.2 Å². The lowest BCUT2D eigenvalue weighted by Crippen LogP contribution is -2.07. The second-order valence-electron chi connectivity index (χ2n) is 4.60. The van der Waals surface area contributed by atoms with Gasteiger partial charge in [0.25, 0.3) is 5.69 Å². The van der Waals surface area contributed by atoms with Crippen molar-refractivity contribution in [3.8, 4) is 0 Å². The summed E-state index contributed by atoms with van der Waals surface area (Å²) in [4.78, 5) is 22.3. The molecule has 3 rings (SSSR count). The number of epoxide rings is 1. The maximum Gasteiger partial charge on any atom is 0.269 e.